The number of fused-ring (bicyclic) bond motifs is 2. The Labute approximate surface area is 251 Å². The molecule has 1 saturated heterocycles. The molecule has 212 valence electrons. The fraction of sp³-hybridized carbons (Fsp3) is 0.393. The van der Waals surface area contributed by atoms with Gasteiger partial charge in [-0.1, -0.05) is 35.5 Å². The highest BCUT2D eigenvalue weighted by atomic mass is 35.5. The van der Waals surface area contributed by atoms with Crippen molar-refractivity contribution in [1.29, 1.82) is 5.26 Å². The fourth-order valence-corrected chi connectivity index (χ4v) is 7.85. The van der Waals surface area contributed by atoms with Gasteiger partial charge in [-0.25, -0.2) is 14.4 Å². The van der Waals surface area contributed by atoms with Gasteiger partial charge in [-0.2, -0.15) is 5.26 Å². The summed E-state index contributed by atoms with van der Waals surface area (Å²) in [5.41, 5.74) is 9.27. The number of hydrogen-bond donors (Lipinski definition) is 2. The van der Waals surface area contributed by atoms with Crippen LogP contribution in [-0.4, -0.2) is 47.0 Å². The van der Waals surface area contributed by atoms with Crippen molar-refractivity contribution < 1.29 is 4.55 Å². The lowest BCUT2D eigenvalue weighted by Gasteiger charge is -2.44. The predicted octanol–water partition coefficient (Wildman–Crippen LogP) is 4.71. The number of nitrogens with two attached hydrogens (primary N) is 1. The Bertz CT molecular complexity index is 1660. The number of anilines is 2. The second kappa shape index (κ2) is 10.6. The second-order valence-electron chi connectivity index (χ2n) is 11.5. The van der Waals surface area contributed by atoms with E-state index >= 15 is 0 Å². The summed E-state index contributed by atoms with van der Waals surface area (Å²) in [6.07, 6.45) is 7.56. The van der Waals surface area contributed by atoms with Gasteiger partial charge in [0.05, 0.1) is 27.6 Å². The van der Waals surface area contributed by atoms with Crippen LogP contribution in [0.3, 0.4) is 0 Å². The van der Waals surface area contributed by atoms with Crippen LogP contribution in [0.25, 0.3) is 5.65 Å². The van der Waals surface area contributed by atoms with Gasteiger partial charge in [0.2, 0.25) is 5.95 Å². The van der Waals surface area contributed by atoms with E-state index in [9.17, 15) is 9.81 Å². The number of pyridine rings is 1. The Morgan fingerprint density at radius 2 is 2.00 bits per heavy atom. The number of hydrogen-bond acceptors (Lipinski definition) is 10. The highest BCUT2D eigenvalue weighted by Crippen LogP contribution is 2.53. The molecule has 0 radical (unpaired) electrons. The number of rotatable bonds is 5. The Morgan fingerprint density at radius 3 is 2.73 bits per heavy atom. The molecule has 1 aliphatic carbocycles. The highest BCUT2D eigenvalue weighted by molar-refractivity contribution is 7.99. The van der Waals surface area contributed by atoms with Crippen molar-refractivity contribution in [1.82, 2.24) is 29.3 Å². The van der Waals surface area contributed by atoms with Crippen molar-refractivity contribution in [2.75, 3.05) is 23.7 Å². The van der Waals surface area contributed by atoms with Crippen LogP contribution in [-0.2, 0) is 17.8 Å². The topological polar surface area (TPSA) is 144 Å². The van der Waals surface area contributed by atoms with Crippen molar-refractivity contribution in [3.8, 4) is 6.07 Å². The third-order valence-electron chi connectivity index (χ3n) is 7.99. The number of nitrogens with zero attached hydrogens (tertiary/aromatic N) is 7. The normalized spacial score (nSPS) is 18.9. The minimum Gasteiger partial charge on any atom is -0.598 e. The van der Waals surface area contributed by atoms with Gasteiger partial charge in [0.25, 0.3) is 0 Å². The summed E-state index contributed by atoms with van der Waals surface area (Å²) in [5.74, 6) is 1.04. The van der Waals surface area contributed by atoms with E-state index < -0.39 is 16.1 Å². The maximum Gasteiger partial charge on any atom is 0.212 e. The van der Waals surface area contributed by atoms with E-state index in [1.54, 1.807) is 18.7 Å². The van der Waals surface area contributed by atoms with Crippen LogP contribution in [0.15, 0.2) is 52.8 Å². The summed E-state index contributed by atoms with van der Waals surface area (Å²) in [4.78, 5) is 12.7. The lowest BCUT2D eigenvalue weighted by atomic mass is 9.73. The first-order valence-electron chi connectivity index (χ1n) is 13.3. The minimum atomic E-state index is -1.25. The van der Waals surface area contributed by atoms with E-state index in [1.165, 1.54) is 11.8 Å². The van der Waals surface area contributed by atoms with Crippen molar-refractivity contribution >= 4 is 52.1 Å². The van der Waals surface area contributed by atoms with Crippen LogP contribution in [0.1, 0.15) is 56.3 Å². The molecular weight excluding hydrogens is 578 g/mol. The smallest absolute Gasteiger partial charge is 0.212 e. The van der Waals surface area contributed by atoms with Crippen LogP contribution < -0.4 is 15.4 Å². The van der Waals surface area contributed by atoms with Gasteiger partial charge in [-0.05, 0) is 63.3 Å². The van der Waals surface area contributed by atoms with Crippen molar-refractivity contribution in [3.05, 3.63) is 64.7 Å². The van der Waals surface area contributed by atoms with E-state index in [0.717, 1.165) is 59.2 Å². The molecule has 0 saturated carbocycles. The summed E-state index contributed by atoms with van der Waals surface area (Å²) >= 11 is 6.54. The number of nitrogen functional groups attached to an aromatic ring is 1. The molecule has 0 bridgehead atoms. The molecule has 2 atom stereocenters. The molecule has 4 heterocycles. The molecule has 10 nitrogen and oxygen atoms in total. The molecule has 1 aromatic carbocycles. The average molecular weight is 608 g/mol. The average Bonchev–Trinajstić information content (AvgIpc) is 3.55. The molecule has 0 amide bonds. The zero-order chi connectivity index (χ0) is 28.9. The monoisotopic (exact) mass is 607 g/mol. The standard InChI is InChI=1S/C28H30ClN9OS2/c1-27(2,3)41(39)36-23-18-6-4-5-17(14-30)19(18)13-28(23)8-11-37(12-9-28)26-33-15-21(25-35-34-16-38(25)26)40-20-7-10-32-24(31)22(20)29/h4-7,10,15-16,23,36H,8-9,11-13H2,1-3H3,(H2,31,32)/t23-,41?/m1/s1. The van der Waals surface area contributed by atoms with E-state index in [4.69, 9.17) is 22.3 Å². The van der Waals surface area contributed by atoms with Gasteiger partial charge in [-0.15, -0.1) is 14.9 Å². The maximum atomic E-state index is 13.3. The molecule has 2 aliphatic rings. The summed E-state index contributed by atoms with van der Waals surface area (Å²) in [7, 11) is 0. The highest BCUT2D eigenvalue weighted by Gasteiger charge is 2.51. The zero-order valence-corrected chi connectivity index (χ0v) is 25.4. The number of halogens is 1. The quantitative estimate of drug-likeness (QED) is 0.306. The molecule has 1 unspecified atom stereocenters. The van der Waals surface area contributed by atoms with Crippen LogP contribution in [0, 0.1) is 16.7 Å². The van der Waals surface area contributed by atoms with Crippen LogP contribution in [0.4, 0.5) is 11.8 Å². The second-order valence-corrected chi connectivity index (χ2v) is 15.0. The van der Waals surface area contributed by atoms with Gasteiger partial charge in [0, 0.05) is 47.2 Å². The largest absolute Gasteiger partial charge is 0.598 e. The molecule has 6 rings (SSSR count). The first kappa shape index (κ1) is 28.1. The number of aromatic nitrogens is 5. The number of nitrogens with one attached hydrogen (secondary N) is 1. The molecular formula is C28H30ClN9OS2. The first-order chi connectivity index (χ1) is 19.6. The fourth-order valence-electron chi connectivity index (χ4n) is 5.78. The van der Waals surface area contributed by atoms with Crippen molar-refractivity contribution in [2.45, 2.75) is 60.6 Å². The summed E-state index contributed by atoms with van der Waals surface area (Å²) in [6, 6.07) is 9.97. The molecule has 1 fully saturated rings. The van der Waals surface area contributed by atoms with Gasteiger partial charge in [-0.3, -0.25) is 0 Å². The lowest BCUT2D eigenvalue weighted by molar-refractivity contribution is 0.175. The van der Waals surface area contributed by atoms with Crippen LogP contribution in [0.2, 0.25) is 5.02 Å². The van der Waals surface area contributed by atoms with Gasteiger partial charge in [0.15, 0.2) is 5.65 Å². The Hall–Kier alpha value is -3.08. The van der Waals surface area contributed by atoms with E-state index in [2.05, 4.69) is 36.9 Å². The van der Waals surface area contributed by atoms with E-state index in [-0.39, 0.29) is 17.3 Å². The van der Waals surface area contributed by atoms with E-state index in [0.29, 0.717) is 16.2 Å². The van der Waals surface area contributed by atoms with Gasteiger partial charge in [0.1, 0.15) is 16.9 Å². The SMILES string of the molecule is CC(C)(C)[S+]([O-])N[C@@H]1c2cccc(C#N)c2CC12CCN(c1ncc(Sc3ccnc(N)c3Cl)c3nncn13)CC2. The molecule has 41 heavy (non-hydrogen) atoms. The predicted molar refractivity (Wildman–Crippen MR) is 161 cm³/mol. The molecule has 1 spiro atoms. The van der Waals surface area contributed by atoms with Crippen LogP contribution >= 0.6 is 23.4 Å². The Balaban J connectivity index is 1.27. The minimum absolute atomic E-state index is 0.104. The lowest BCUT2D eigenvalue weighted by Crippen LogP contribution is -2.50. The third-order valence-corrected chi connectivity index (χ3v) is 11.1. The number of benzene rings is 1. The molecule has 3 N–H and O–H groups in total. The maximum absolute atomic E-state index is 13.3. The van der Waals surface area contributed by atoms with Crippen molar-refractivity contribution in [3.63, 3.8) is 0 Å². The molecule has 3 aromatic heterocycles. The number of piperidine rings is 1. The first-order valence-corrected chi connectivity index (χ1v) is 15.7. The summed E-state index contributed by atoms with van der Waals surface area (Å²) in [5, 5.41) is 18.8. The summed E-state index contributed by atoms with van der Waals surface area (Å²) in [6.45, 7) is 7.42. The number of nitriles is 1. The Morgan fingerprint density at radius 1 is 1.22 bits per heavy atom. The Kier molecular flexibility index (Phi) is 7.28. The van der Waals surface area contributed by atoms with Gasteiger partial charge < -0.3 is 15.2 Å². The molecule has 4 aromatic rings. The van der Waals surface area contributed by atoms with E-state index in [1.807, 2.05) is 43.4 Å². The molecule has 1 aliphatic heterocycles. The zero-order valence-electron chi connectivity index (χ0n) is 23.0. The third kappa shape index (κ3) is 5.00. The van der Waals surface area contributed by atoms with Crippen molar-refractivity contribution in [2.24, 2.45) is 5.41 Å². The molecule has 13 heteroatoms. The summed E-state index contributed by atoms with van der Waals surface area (Å²) < 4.78 is 18.3. The van der Waals surface area contributed by atoms with Crippen LogP contribution in [0.5, 0.6) is 0 Å². The van der Waals surface area contributed by atoms with Gasteiger partial charge >= 0.3 is 0 Å².